The van der Waals surface area contributed by atoms with Crippen LogP contribution in [0.25, 0.3) is 32.1 Å². The number of nitrogens with zero attached hydrogens (tertiary/aromatic N) is 1. The standard InChI is InChI=1S/C22H20FN3O2S.CH4/c23-16-9-12(1-2-13(16)10-26-7-5-14(24)11-26)19-18(27)4-3-17-20(19)15-6-8-29-21(15)22(28)25-17;/h1-4,6,8-9,14,27H,5,7,10-11,24H2,(H,25,28);1H4. The molecule has 5 nitrogen and oxygen atoms in total. The lowest BCUT2D eigenvalue weighted by molar-refractivity contribution is 0.321. The molecule has 30 heavy (non-hydrogen) atoms. The van der Waals surface area contributed by atoms with E-state index in [1.54, 1.807) is 12.1 Å². The van der Waals surface area contributed by atoms with Crippen molar-refractivity contribution in [1.82, 2.24) is 9.88 Å². The quantitative estimate of drug-likeness (QED) is 0.454. The summed E-state index contributed by atoms with van der Waals surface area (Å²) in [7, 11) is 0. The van der Waals surface area contributed by atoms with Crippen LogP contribution in [0, 0.1) is 5.82 Å². The molecule has 0 spiro atoms. The number of aromatic hydroxyl groups is 1. The molecule has 0 aliphatic carbocycles. The van der Waals surface area contributed by atoms with Crippen LogP contribution < -0.4 is 11.3 Å². The van der Waals surface area contributed by atoms with Crippen LogP contribution in [0.15, 0.2) is 46.6 Å². The summed E-state index contributed by atoms with van der Waals surface area (Å²) in [5.41, 5.74) is 8.11. The van der Waals surface area contributed by atoms with Crippen molar-refractivity contribution in [1.29, 1.82) is 0 Å². The summed E-state index contributed by atoms with van der Waals surface area (Å²) < 4.78 is 15.5. The van der Waals surface area contributed by atoms with Crippen molar-refractivity contribution in [2.24, 2.45) is 5.73 Å². The van der Waals surface area contributed by atoms with Crippen molar-refractivity contribution in [3.63, 3.8) is 0 Å². The van der Waals surface area contributed by atoms with Crippen LogP contribution in [0.5, 0.6) is 5.75 Å². The topological polar surface area (TPSA) is 82.3 Å². The van der Waals surface area contributed by atoms with Gasteiger partial charge in [-0.15, -0.1) is 11.3 Å². The first-order valence-corrected chi connectivity index (χ1v) is 10.4. The molecule has 0 bridgehead atoms. The summed E-state index contributed by atoms with van der Waals surface area (Å²) in [4.78, 5) is 17.3. The summed E-state index contributed by atoms with van der Waals surface area (Å²) in [6.07, 6.45) is 0.929. The van der Waals surface area contributed by atoms with Gasteiger partial charge in [-0.05, 0) is 41.6 Å². The lowest BCUT2D eigenvalue weighted by atomic mass is 9.96. The van der Waals surface area contributed by atoms with E-state index in [1.165, 1.54) is 23.5 Å². The molecule has 1 atom stereocenters. The monoisotopic (exact) mass is 425 g/mol. The van der Waals surface area contributed by atoms with Crippen molar-refractivity contribution >= 4 is 32.3 Å². The number of likely N-dealkylation sites (tertiary alicyclic amines) is 1. The predicted octanol–water partition coefficient (Wildman–Crippen LogP) is 4.42. The highest BCUT2D eigenvalue weighted by atomic mass is 32.1. The summed E-state index contributed by atoms with van der Waals surface area (Å²) >= 11 is 1.35. The average Bonchev–Trinajstić information content (AvgIpc) is 3.34. The van der Waals surface area contributed by atoms with Gasteiger partial charge in [0.25, 0.3) is 5.56 Å². The Labute approximate surface area is 177 Å². The Morgan fingerprint density at radius 1 is 1.27 bits per heavy atom. The third kappa shape index (κ3) is 3.39. The van der Waals surface area contributed by atoms with Gasteiger partial charge in [0.2, 0.25) is 0 Å². The number of aromatic nitrogens is 1. The first kappa shape index (κ1) is 20.5. The van der Waals surface area contributed by atoms with E-state index in [4.69, 9.17) is 5.73 Å². The van der Waals surface area contributed by atoms with E-state index in [1.807, 2.05) is 17.5 Å². The molecule has 7 heteroatoms. The molecule has 0 radical (unpaired) electrons. The van der Waals surface area contributed by atoms with Crippen LogP contribution in [-0.4, -0.2) is 34.1 Å². The SMILES string of the molecule is C.NC1CCN(Cc2ccc(-c3c(O)ccc4[nH]c(=O)c5sccc5c34)cc2F)C1. The zero-order chi connectivity index (χ0) is 20.1. The summed E-state index contributed by atoms with van der Waals surface area (Å²) in [5, 5.41) is 13.9. The molecule has 5 rings (SSSR count). The second-order valence-electron chi connectivity index (χ2n) is 7.59. The minimum Gasteiger partial charge on any atom is -0.507 e. The van der Waals surface area contributed by atoms with Gasteiger partial charge in [-0.25, -0.2) is 4.39 Å². The number of thiophene rings is 1. The number of nitrogens with one attached hydrogen (secondary N) is 1. The molecule has 3 heterocycles. The number of rotatable bonds is 3. The van der Waals surface area contributed by atoms with Crippen molar-refractivity contribution in [3.05, 3.63) is 63.5 Å². The lowest BCUT2D eigenvalue weighted by Crippen LogP contribution is -2.26. The van der Waals surface area contributed by atoms with E-state index in [0.717, 1.165) is 30.3 Å². The highest BCUT2D eigenvalue weighted by molar-refractivity contribution is 7.17. The minimum atomic E-state index is -0.314. The van der Waals surface area contributed by atoms with Gasteiger partial charge in [0.1, 0.15) is 16.3 Å². The summed E-state index contributed by atoms with van der Waals surface area (Å²) in [6.45, 7) is 2.16. The van der Waals surface area contributed by atoms with Crippen LogP contribution in [-0.2, 0) is 6.54 Å². The zero-order valence-electron chi connectivity index (χ0n) is 15.6. The second kappa shape index (κ2) is 7.83. The van der Waals surface area contributed by atoms with Crippen molar-refractivity contribution in [2.75, 3.05) is 13.1 Å². The smallest absolute Gasteiger partial charge is 0.266 e. The van der Waals surface area contributed by atoms with Gasteiger partial charge in [-0.1, -0.05) is 19.6 Å². The number of benzene rings is 2. The van der Waals surface area contributed by atoms with Gasteiger partial charge in [-0.3, -0.25) is 9.69 Å². The number of nitrogens with two attached hydrogens (primary N) is 1. The maximum Gasteiger partial charge on any atom is 0.266 e. The number of hydrogen-bond donors (Lipinski definition) is 3. The first-order valence-electron chi connectivity index (χ1n) is 9.53. The number of halogens is 1. The molecule has 1 aliphatic rings. The number of hydrogen-bond acceptors (Lipinski definition) is 5. The normalized spacial score (nSPS) is 16.9. The van der Waals surface area contributed by atoms with Gasteiger partial charge in [0.05, 0.1) is 0 Å². The Balaban J connectivity index is 0.00000218. The van der Waals surface area contributed by atoms with Crippen LogP contribution >= 0.6 is 11.3 Å². The van der Waals surface area contributed by atoms with E-state index in [0.29, 0.717) is 33.5 Å². The molecule has 1 saturated heterocycles. The number of H-pyrrole nitrogens is 1. The second-order valence-corrected chi connectivity index (χ2v) is 8.51. The molecule has 1 fully saturated rings. The van der Waals surface area contributed by atoms with Crippen molar-refractivity contribution < 1.29 is 9.50 Å². The van der Waals surface area contributed by atoms with Gasteiger partial charge in [-0.2, -0.15) is 0 Å². The number of phenols is 1. The Morgan fingerprint density at radius 2 is 2.10 bits per heavy atom. The fraction of sp³-hybridized carbons (Fsp3) is 0.261. The fourth-order valence-electron chi connectivity index (χ4n) is 4.21. The molecular formula is C23H24FN3O2S. The van der Waals surface area contributed by atoms with Crippen LogP contribution in [0.2, 0.25) is 0 Å². The lowest BCUT2D eigenvalue weighted by Gasteiger charge is -2.17. The third-order valence-corrected chi connectivity index (χ3v) is 6.53. The summed E-state index contributed by atoms with van der Waals surface area (Å²) in [5.74, 6) is -0.264. The highest BCUT2D eigenvalue weighted by Crippen LogP contribution is 2.40. The van der Waals surface area contributed by atoms with E-state index in [-0.39, 0.29) is 30.6 Å². The Morgan fingerprint density at radius 3 is 2.83 bits per heavy atom. The Kier molecular flexibility index (Phi) is 5.36. The first-order chi connectivity index (χ1) is 14.0. The maximum atomic E-state index is 14.9. The minimum absolute atomic E-state index is 0. The van der Waals surface area contributed by atoms with Crippen LogP contribution in [0.1, 0.15) is 19.4 Å². The molecule has 1 aliphatic heterocycles. The van der Waals surface area contributed by atoms with E-state index >= 15 is 0 Å². The Bertz CT molecular complexity index is 1300. The van der Waals surface area contributed by atoms with Crippen molar-refractivity contribution in [2.45, 2.75) is 26.4 Å². The van der Waals surface area contributed by atoms with Gasteiger partial charge in [0, 0.05) is 53.1 Å². The summed E-state index contributed by atoms with van der Waals surface area (Å²) in [6, 6.07) is 10.3. The van der Waals surface area contributed by atoms with Gasteiger partial charge >= 0.3 is 0 Å². The predicted molar refractivity (Wildman–Crippen MR) is 122 cm³/mol. The molecule has 0 amide bonds. The molecule has 2 aromatic heterocycles. The fourth-order valence-corrected chi connectivity index (χ4v) is 5.00. The maximum absolute atomic E-state index is 14.9. The molecule has 156 valence electrons. The number of pyridine rings is 1. The molecule has 2 aromatic carbocycles. The van der Waals surface area contributed by atoms with Crippen molar-refractivity contribution in [3.8, 4) is 16.9 Å². The average molecular weight is 426 g/mol. The number of phenolic OH excluding ortho intramolecular Hbond substituents is 1. The zero-order valence-corrected chi connectivity index (χ0v) is 16.4. The molecule has 4 N–H and O–H groups in total. The van der Waals surface area contributed by atoms with Gasteiger partial charge in [0.15, 0.2) is 0 Å². The molecule has 4 aromatic rings. The molecule has 0 saturated carbocycles. The number of aromatic amines is 1. The largest absolute Gasteiger partial charge is 0.507 e. The van der Waals surface area contributed by atoms with Crippen LogP contribution in [0.3, 0.4) is 0 Å². The highest BCUT2D eigenvalue weighted by Gasteiger charge is 2.21. The number of fused-ring (bicyclic) bond motifs is 3. The molecule has 1 unspecified atom stereocenters. The van der Waals surface area contributed by atoms with Crippen LogP contribution in [0.4, 0.5) is 4.39 Å². The van der Waals surface area contributed by atoms with Gasteiger partial charge < -0.3 is 15.8 Å². The van der Waals surface area contributed by atoms with E-state index < -0.39 is 0 Å². The van der Waals surface area contributed by atoms with E-state index in [2.05, 4.69) is 9.88 Å². The Hall–Kier alpha value is -2.74. The third-order valence-electron chi connectivity index (χ3n) is 5.62. The van der Waals surface area contributed by atoms with E-state index in [9.17, 15) is 14.3 Å². The molecular weight excluding hydrogens is 401 g/mol.